The molecule has 0 aliphatic carbocycles. The van der Waals surface area contributed by atoms with Gasteiger partial charge >= 0.3 is 18.0 Å². The van der Waals surface area contributed by atoms with Gasteiger partial charge in [0.05, 0.1) is 18.8 Å². The van der Waals surface area contributed by atoms with Crippen molar-refractivity contribution in [3.8, 4) is 23.0 Å². The van der Waals surface area contributed by atoms with Crippen LogP contribution in [-0.2, 0) is 4.74 Å². The van der Waals surface area contributed by atoms with Gasteiger partial charge in [-0.15, -0.1) is 0 Å². The van der Waals surface area contributed by atoms with Gasteiger partial charge < -0.3 is 29.5 Å². The normalized spacial score (nSPS) is 10.2. The van der Waals surface area contributed by atoms with Crippen molar-refractivity contribution in [3.05, 3.63) is 74.8 Å². The number of rotatable bonds is 7. The van der Waals surface area contributed by atoms with Crippen LogP contribution < -0.4 is 14.8 Å². The number of hydrogen-bond acceptors (Lipinski definition) is 9. The van der Waals surface area contributed by atoms with Crippen LogP contribution in [0, 0.1) is 20.8 Å². The molecule has 41 heavy (non-hydrogen) atoms. The number of amides is 1. The highest BCUT2D eigenvalue weighted by Crippen LogP contribution is 2.36. The van der Waals surface area contributed by atoms with Crippen LogP contribution in [0.25, 0.3) is 0 Å². The molecule has 11 nitrogen and oxygen atoms in total. The number of phenolic OH excluding ortho intramolecular Hbond substituents is 1. The Morgan fingerprint density at radius 3 is 2.12 bits per heavy atom. The van der Waals surface area contributed by atoms with Crippen molar-refractivity contribution < 1.29 is 48.7 Å². The van der Waals surface area contributed by atoms with Crippen LogP contribution in [0.1, 0.15) is 61.6 Å². The molecular weight excluding hydrogens is 558 g/mol. The van der Waals surface area contributed by atoms with Crippen LogP contribution in [0.2, 0.25) is 5.02 Å². The molecule has 1 amide bonds. The van der Waals surface area contributed by atoms with Crippen molar-refractivity contribution in [1.82, 2.24) is 0 Å². The quantitative estimate of drug-likeness (QED) is 0.145. The minimum atomic E-state index is -1.38. The number of aromatic carboxylic acids is 1. The summed E-state index contributed by atoms with van der Waals surface area (Å²) in [5.41, 5.74) is 0.321. The fourth-order valence-electron chi connectivity index (χ4n) is 3.64. The fourth-order valence-corrected chi connectivity index (χ4v) is 3.83. The van der Waals surface area contributed by atoms with Crippen LogP contribution in [0.3, 0.4) is 0 Å². The van der Waals surface area contributed by atoms with Gasteiger partial charge in [-0.25, -0.2) is 14.4 Å². The molecule has 0 fully saturated rings. The van der Waals surface area contributed by atoms with Crippen molar-refractivity contribution in [3.63, 3.8) is 0 Å². The molecule has 0 spiro atoms. The zero-order valence-electron chi connectivity index (χ0n) is 23.2. The first-order valence-electron chi connectivity index (χ1n) is 12.1. The minimum absolute atomic E-state index is 0.0419. The summed E-state index contributed by atoms with van der Waals surface area (Å²) in [5, 5.41) is 32.6. The van der Waals surface area contributed by atoms with E-state index in [1.54, 1.807) is 38.1 Å². The number of aromatic hydroxyl groups is 2. The second-order valence-corrected chi connectivity index (χ2v) is 9.41. The summed E-state index contributed by atoms with van der Waals surface area (Å²) in [5.74, 6) is -3.38. The van der Waals surface area contributed by atoms with Gasteiger partial charge in [0.25, 0.3) is 0 Å². The number of anilines is 1. The van der Waals surface area contributed by atoms with E-state index in [1.807, 2.05) is 0 Å². The summed E-state index contributed by atoms with van der Waals surface area (Å²) in [7, 11) is 1.31. The predicted octanol–water partition coefficient (Wildman–Crippen LogP) is 6.06. The van der Waals surface area contributed by atoms with Crippen molar-refractivity contribution in [1.29, 1.82) is 0 Å². The van der Waals surface area contributed by atoms with E-state index in [2.05, 4.69) is 5.32 Å². The molecule has 0 heterocycles. The molecule has 3 aromatic carbocycles. The number of aldehydes is 1. The van der Waals surface area contributed by atoms with Gasteiger partial charge in [0.1, 0.15) is 34.1 Å². The highest BCUT2D eigenvalue weighted by molar-refractivity contribution is 6.30. The van der Waals surface area contributed by atoms with Gasteiger partial charge in [-0.1, -0.05) is 17.7 Å². The standard InChI is InChI=1S/C19H18O8.C10H12ClNO2/c1-8-5-13(26-4)11(7-20)17(22)14(8)19(25)27-12-6-9(2)16(21)15(10(12)3)18(23)24;1-7(2)14-10(13)12-9-5-3-4-8(11)6-9/h5-7,21-22H,1-4H3,(H,23,24);3-7H,1-2H3,(H,12,13). The summed E-state index contributed by atoms with van der Waals surface area (Å²) >= 11 is 5.74. The second kappa shape index (κ2) is 14.0. The number of carbonyl (C=O) groups excluding carboxylic acids is 3. The lowest BCUT2D eigenvalue weighted by atomic mass is 10.0. The highest BCUT2D eigenvalue weighted by Gasteiger charge is 2.26. The first-order chi connectivity index (χ1) is 19.2. The topological polar surface area (TPSA) is 169 Å². The molecule has 0 aromatic heterocycles. The maximum atomic E-state index is 12.6. The summed E-state index contributed by atoms with van der Waals surface area (Å²) in [4.78, 5) is 46.4. The van der Waals surface area contributed by atoms with E-state index in [1.165, 1.54) is 40.0 Å². The van der Waals surface area contributed by atoms with Crippen molar-refractivity contribution in [2.75, 3.05) is 12.4 Å². The molecule has 4 N–H and O–H groups in total. The third-order valence-electron chi connectivity index (χ3n) is 5.57. The van der Waals surface area contributed by atoms with Gasteiger partial charge in [0, 0.05) is 16.3 Å². The van der Waals surface area contributed by atoms with Gasteiger partial charge in [0.15, 0.2) is 6.29 Å². The first-order valence-corrected chi connectivity index (χ1v) is 12.5. The van der Waals surface area contributed by atoms with Gasteiger partial charge in [-0.3, -0.25) is 10.1 Å². The Kier molecular flexibility index (Phi) is 11.1. The Hall–Kier alpha value is -4.77. The zero-order chi connectivity index (χ0) is 31.0. The Morgan fingerprint density at radius 1 is 0.951 bits per heavy atom. The van der Waals surface area contributed by atoms with Crippen molar-refractivity contribution >= 4 is 41.6 Å². The fraction of sp³-hybridized carbons (Fsp3) is 0.241. The van der Waals surface area contributed by atoms with E-state index in [9.17, 15) is 34.5 Å². The van der Waals surface area contributed by atoms with E-state index in [0.717, 1.165) is 0 Å². The summed E-state index contributed by atoms with van der Waals surface area (Å²) < 4.78 is 15.2. The molecule has 3 aromatic rings. The molecule has 0 radical (unpaired) electrons. The number of benzene rings is 3. The lowest BCUT2D eigenvalue weighted by molar-refractivity contribution is 0.0681. The summed E-state index contributed by atoms with van der Waals surface area (Å²) in [6.07, 6.45) is -0.250. The average Bonchev–Trinajstić information content (AvgIpc) is 2.86. The maximum absolute atomic E-state index is 12.6. The van der Waals surface area contributed by atoms with E-state index < -0.39 is 29.5 Å². The molecule has 0 saturated heterocycles. The third kappa shape index (κ3) is 8.12. The second-order valence-electron chi connectivity index (χ2n) is 8.98. The number of nitrogens with one attached hydrogen (secondary N) is 1. The first kappa shape index (κ1) is 32.4. The molecule has 0 saturated carbocycles. The highest BCUT2D eigenvalue weighted by atomic mass is 35.5. The number of carboxylic acid groups (broad SMARTS) is 1. The number of methoxy groups -OCH3 is 1. The number of esters is 1. The van der Waals surface area contributed by atoms with Gasteiger partial charge in [-0.2, -0.15) is 0 Å². The number of ether oxygens (including phenoxy) is 3. The number of aryl methyl sites for hydroxylation is 2. The smallest absolute Gasteiger partial charge is 0.411 e. The SMILES string of the molecule is CC(C)OC(=O)Nc1cccc(Cl)c1.COc1cc(C)c(C(=O)Oc2cc(C)c(O)c(C(=O)O)c2C)c(O)c1C=O. The maximum Gasteiger partial charge on any atom is 0.411 e. The monoisotopic (exact) mass is 587 g/mol. The molecule has 218 valence electrons. The Bertz CT molecular complexity index is 1480. The summed E-state index contributed by atoms with van der Waals surface area (Å²) in [6, 6.07) is 9.60. The van der Waals surface area contributed by atoms with E-state index in [-0.39, 0.29) is 45.4 Å². The summed E-state index contributed by atoms with van der Waals surface area (Å²) in [6.45, 7) is 7.93. The van der Waals surface area contributed by atoms with E-state index >= 15 is 0 Å². The Morgan fingerprint density at radius 2 is 1.59 bits per heavy atom. The van der Waals surface area contributed by atoms with Gasteiger partial charge in [0.2, 0.25) is 0 Å². The largest absolute Gasteiger partial charge is 0.507 e. The molecule has 0 aliphatic rings. The molecule has 0 atom stereocenters. The molecule has 0 bridgehead atoms. The predicted molar refractivity (Wildman–Crippen MR) is 151 cm³/mol. The number of carbonyl (C=O) groups is 4. The van der Waals surface area contributed by atoms with E-state index in [0.29, 0.717) is 22.6 Å². The minimum Gasteiger partial charge on any atom is -0.507 e. The van der Waals surface area contributed by atoms with E-state index in [4.69, 9.17) is 25.8 Å². The van der Waals surface area contributed by atoms with Crippen LogP contribution in [-0.4, -0.2) is 52.9 Å². The van der Waals surface area contributed by atoms with Crippen LogP contribution in [0.5, 0.6) is 23.0 Å². The number of hydrogen-bond donors (Lipinski definition) is 4. The van der Waals surface area contributed by atoms with Crippen molar-refractivity contribution in [2.24, 2.45) is 0 Å². The molecular formula is C29H30ClNO10. The molecule has 12 heteroatoms. The number of carboxylic acids is 1. The number of halogens is 1. The van der Waals surface area contributed by atoms with Crippen LogP contribution in [0.4, 0.5) is 10.5 Å². The van der Waals surface area contributed by atoms with Gasteiger partial charge in [-0.05, 0) is 76.1 Å². The Labute approximate surface area is 241 Å². The zero-order valence-corrected chi connectivity index (χ0v) is 24.0. The Balaban J connectivity index is 0.000000353. The number of phenols is 2. The lowest BCUT2D eigenvalue weighted by Gasteiger charge is -2.16. The third-order valence-corrected chi connectivity index (χ3v) is 5.81. The lowest BCUT2D eigenvalue weighted by Crippen LogP contribution is -2.17. The van der Waals surface area contributed by atoms with Crippen molar-refractivity contribution in [2.45, 2.75) is 40.7 Å². The van der Waals surface area contributed by atoms with Crippen LogP contribution in [0.15, 0.2) is 36.4 Å². The van der Waals surface area contributed by atoms with Crippen LogP contribution >= 0.6 is 11.6 Å². The molecule has 3 rings (SSSR count). The molecule has 0 unspecified atom stereocenters. The molecule has 0 aliphatic heterocycles. The average molecular weight is 588 g/mol.